The third-order valence-electron chi connectivity index (χ3n) is 3.97. The number of nitrogens with one attached hydrogen (secondary N) is 1. The van der Waals surface area contributed by atoms with Crippen molar-refractivity contribution in [2.24, 2.45) is 5.92 Å². The molecule has 1 saturated heterocycles. The molecule has 1 N–H and O–H groups in total. The second-order valence-corrected chi connectivity index (χ2v) is 6.01. The monoisotopic (exact) mass is 224 g/mol. The fourth-order valence-electron chi connectivity index (χ4n) is 2.76. The highest BCUT2D eigenvalue weighted by Crippen LogP contribution is 2.30. The lowest BCUT2D eigenvalue weighted by molar-refractivity contribution is 0.168. The summed E-state index contributed by atoms with van der Waals surface area (Å²) in [5.74, 6) is 0.847. The molecule has 2 rings (SSSR count). The van der Waals surface area contributed by atoms with Gasteiger partial charge in [0.1, 0.15) is 0 Å². The zero-order valence-corrected chi connectivity index (χ0v) is 11.0. The van der Waals surface area contributed by atoms with Crippen LogP contribution in [0.3, 0.4) is 0 Å². The molecule has 1 aliphatic carbocycles. The van der Waals surface area contributed by atoms with Crippen LogP contribution in [0.1, 0.15) is 52.4 Å². The first-order valence-corrected chi connectivity index (χ1v) is 7.24. The van der Waals surface area contributed by atoms with Gasteiger partial charge in [-0.15, -0.1) is 0 Å². The molecule has 0 amide bonds. The van der Waals surface area contributed by atoms with Crippen molar-refractivity contribution in [1.82, 2.24) is 10.2 Å². The molecule has 94 valence electrons. The van der Waals surface area contributed by atoms with E-state index in [4.69, 9.17) is 0 Å². The largest absolute Gasteiger partial charge is 0.315 e. The summed E-state index contributed by atoms with van der Waals surface area (Å²) in [6.07, 6.45) is 8.49. The average Bonchev–Trinajstić information content (AvgIpc) is 3.03. The minimum Gasteiger partial charge on any atom is -0.315 e. The molecule has 1 unspecified atom stereocenters. The van der Waals surface area contributed by atoms with Crippen LogP contribution < -0.4 is 5.32 Å². The highest BCUT2D eigenvalue weighted by molar-refractivity contribution is 4.90. The van der Waals surface area contributed by atoms with Crippen LogP contribution in [0.15, 0.2) is 0 Å². The Morgan fingerprint density at radius 3 is 2.62 bits per heavy atom. The van der Waals surface area contributed by atoms with Gasteiger partial charge in [0, 0.05) is 18.6 Å². The maximum Gasteiger partial charge on any atom is 0.0223 e. The van der Waals surface area contributed by atoms with Gasteiger partial charge in [0.05, 0.1) is 0 Å². The van der Waals surface area contributed by atoms with Crippen molar-refractivity contribution in [2.75, 3.05) is 19.6 Å². The van der Waals surface area contributed by atoms with Gasteiger partial charge in [-0.1, -0.05) is 20.3 Å². The summed E-state index contributed by atoms with van der Waals surface area (Å²) in [6.45, 7) is 8.48. The zero-order valence-electron chi connectivity index (χ0n) is 11.0. The van der Waals surface area contributed by atoms with Crippen LogP contribution in [0.25, 0.3) is 0 Å². The summed E-state index contributed by atoms with van der Waals surface area (Å²) >= 11 is 0. The first-order valence-electron chi connectivity index (χ1n) is 7.24. The Morgan fingerprint density at radius 2 is 1.94 bits per heavy atom. The van der Waals surface area contributed by atoms with Gasteiger partial charge in [-0.2, -0.15) is 0 Å². The van der Waals surface area contributed by atoms with Crippen LogP contribution in [0.4, 0.5) is 0 Å². The summed E-state index contributed by atoms with van der Waals surface area (Å²) in [6, 6.07) is 1.76. The maximum absolute atomic E-state index is 3.61. The maximum atomic E-state index is 3.61. The van der Waals surface area contributed by atoms with Crippen LogP contribution in [0, 0.1) is 5.92 Å². The highest BCUT2D eigenvalue weighted by Gasteiger charge is 2.33. The van der Waals surface area contributed by atoms with Crippen molar-refractivity contribution in [2.45, 2.75) is 64.5 Å². The molecule has 2 nitrogen and oxygen atoms in total. The summed E-state index contributed by atoms with van der Waals surface area (Å²) in [5.41, 5.74) is 0. The van der Waals surface area contributed by atoms with E-state index in [9.17, 15) is 0 Å². The van der Waals surface area contributed by atoms with E-state index in [-0.39, 0.29) is 0 Å². The van der Waals surface area contributed by atoms with Crippen LogP contribution in [-0.2, 0) is 0 Å². The van der Waals surface area contributed by atoms with Gasteiger partial charge >= 0.3 is 0 Å². The smallest absolute Gasteiger partial charge is 0.0223 e. The predicted octanol–water partition coefficient (Wildman–Crippen LogP) is 2.64. The van der Waals surface area contributed by atoms with Gasteiger partial charge in [-0.25, -0.2) is 0 Å². The second kappa shape index (κ2) is 6.02. The van der Waals surface area contributed by atoms with Crippen LogP contribution in [-0.4, -0.2) is 36.6 Å². The molecule has 16 heavy (non-hydrogen) atoms. The average molecular weight is 224 g/mol. The molecule has 1 atom stereocenters. The van der Waals surface area contributed by atoms with Crippen molar-refractivity contribution in [1.29, 1.82) is 0 Å². The van der Waals surface area contributed by atoms with Gasteiger partial charge in [0.2, 0.25) is 0 Å². The fourth-order valence-corrected chi connectivity index (χ4v) is 2.76. The van der Waals surface area contributed by atoms with Crippen molar-refractivity contribution in [3.8, 4) is 0 Å². The molecule has 0 spiro atoms. The van der Waals surface area contributed by atoms with Crippen molar-refractivity contribution >= 4 is 0 Å². The van der Waals surface area contributed by atoms with Gasteiger partial charge in [-0.05, 0) is 51.1 Å². The minimum atomic E-state index is 0.828. The van der Waals surface area contributed by atoms with E-state index >= 15 is 0 Å². The first kappa shape index (κ1) is 12.4. The van der Waals surface area contributed by atoms with Gasteiger partial charge in [0.25, 0.3) is 0 Å². The van der Waals surface area contributed by atoms with Gasteiger partial charge in [0.15, 0.2) is 0 Å². The van der Waals surface area contributed by atoms with Gasteiger partial charge in [-0.3, -0.25) is 4.90 Å². The molecule has 1 saturated carbocycles. The lowest BCUT2D eigenvalue weighted by Crippen LogP contribution is -2.43. The van der Waals surface area contributed by atoms with Gasteiger partial charge < -0.3 is 5.32 Å². The molecule has 0 radical (unpaired) electrons. The molecule has 1 heterocycles. The Balaban J connectivity index is 1.84. The Kier molecular flexibility index (Phi) is 4.66. The predicted molar refractivity (Wildman–Crippen MR) is 69.7 cm³/mol. The molecule has 0 aromatic carbocycles. The van der Waals surface area contributed by atoms with Crippen LogP contribution >= 0.6 is 0 Å². The Labute approximate surface area is 101 Å². The Morgan fingerprint density at radius 1 is 1.12 bits per heavy atom. The summed E-state index contributed by atoms with van der Waals surface area (Å²) in [4.78, 5) is 2.82. The normalized spacial score (nSPS) is 27.4. The van der Waals surface area contributed by atoms with Crippen LogP contribution in [0.5, 0.6) is 0 Å². The summed E-state index contributed by atoms with van der Waals surface area (Å²) < 4.78 is 0. The molecular weight excluding hydrogens is 196 g/mol. The van der Waals surface area contributed by atoms with Crippen molar-refractivity contribution in [3.63, 3.8) is 0 Å². The third-order valence-corrected chi connectivity index (χ3v) is 3.97. The first-order chi connectivity index (χ1) is 7.77. The SMILES string of the molecule is CC(C)CCN(C1CC1)C1CCCCNC1. The number of hydrogen-bond acceptors (Lipinski definition) is 2. The Hall–Kier alpha value is -0.0800. The molecule has 2 heteroatoms. The lowest BCUT2D eigenvalue weighted by atomic mass is 10.1. The Bertz CT molecular complexity index is 191. The fraction of sp³-hybridized carbons (Fsp3) is 1.00. The molecular formula is C14H28N2. The van der Waals surface area contributed by atoms with E-state index in [2.05, 4.69) is 24.1 Å². The third kappa shape index (κ3) is 3.74. The quantitative estimate of drug-likeness (QED) is 0.772. The molecule has 0 bridgehead atoms. The minimum absolute atomic E-state index is 0.828. The number of nitrogens with zero attached hydrogens (tertiary/aromatic N) is 1. The summed E-state index contributed by atoms with van der Waals surface area (Å²) in [5, 5.41) is 3.61. The summed E-state index contributed by atoms with van der Waals surface area (Å²) in [7, 11) is 0. The van der Waals surface area contributed by atoms with Crippen molar-refractivity contribution < 1.29 is 0 Å². The lowest BCUT2D eigenvalue weighted by Gasteiger charge is -2.31. The van der Waals surface area contributed by atoms with Crippen molar-refractivity contribution in [3.05, 3.63) is 0 Å². The molecule has 2 aliphatic rings. The number of hydrogen-bond donors (Lipinski definition) is 1. The molecule has 0 aromatic rings. The standard InChI is InChI=1S/C14H28N2/c1-12(2)8-10-16(13-6-7-13)14-5-3-4-9-15-11-14/h12-15H,3-11H2,1-2H3. The molecule has 0 aromatic heterocycles. The molecule has 2 fully saturated rings. The molecule has 1 aliphatic heterocycles. The van der Waals surface area contributed by atoms with E-state index in [1.54, 1.807) is 0 Å². The second-order valence-electron chi connectivity index (χ2n) is 6.01. The van der Waals surface area contributed by atoms with E-state index in [1.807, 2.05) is 0 Å². The van der Waals surface area contributed by atoms with E-state index in [1.165, 1.54) is 58.2 Å². The van der Waals surface area contributed by atoms with Crippen LogP contribution in [0.2, 0.25) is 0 Å². The van der Waals surface area contributed by atoms with E-state index in [0.29, 0.717) is 0 Å². The number of rotatable bonds is 5. The topological polar surface area (TPSA) is 15.3 Å². The highest BCUT2D eigenvalue weighted by atomic mass is 15.2. The van der Waals surface area contributed by atoms with E-state index < -0.39 is 0 Å². The zero-order chi connectivity index (χ0) is 11.4. The van der Waals surface area contributed by atoms with E-state index in [0.717, 1.165) is 18.0 Å².